The van der Waals surface area contributed by atoms with Crippen molar-refractivity contribution in [3.63, 3.8) is 0 Å². The van der Waals surface area contributed by atoms with Gasteiger partial charge < -0.3 is 24.6 Å². The molecule has 2 atom stereocenters. The zero-order chi connectivity index (χ0) is 32.0. The highest BCUT2D eigenvalue weighted by atomic mass is 35.5. The summed E-state index contributed by atoms with van der Waals surface area (Å²) in [5.41, 5.74) is 3.06. The summed E-state index contributed by atoms with van der Waals surface area (Å²) in [4.78, 5) is 25.3. The van der Waals surface area contributed by atoms with Gasteiger partial charge in [-0.3, -0.25) is 4.79 Å². The SMILES string of the molecule is CCOCc1cc(OC)c(-c2ccc(C[C@H](NC(=O)[C@@H]3CCCN3S(=O)(=O)c3cc(Cl)cc(Cl)c3)C(=O)O)cc2)c(OC)c1. The molecule has 1 heterocycles. The molecule has 4 rings (SSSR count). The van der Waals surface area contributed by atoms with E-state index in [4.69, 9.17) is 37.4 Å². The number of sulfonamides is 1. The lowest BCUT2D eigenvalue weighted by Crippen LogP contribution is -2.51. The highest BCUT2D eigenvalue weighted by molar-refractivity contribution is 7.89. The van der Waals surface area contributed by atoms with E-state index in [9.17, 15) is 23.1 Å². The quantitative estimate of drug-likeness (QED) is 0.256. The van der Waals surface area contributed by atoms with Crippen molar-refractivity contribution in [1.29, 1.82) is 0 Å². The zero-order valence-electron chi connectivity index (χ0n) is 24.5. The van der Waals surface area contributed by atoms with E-state index >= 15 is 0 Å². The van der Waals surface area contributed by atoms with Crippen LogP contribution in [0.1, 0.15) is 30.9 Å². The Morgan fingerprint density at radius 3 is 2.16 bits per heavy atom. The van der Waals surface area contributed by atoms with Crippen LogP contribution in [0.25, 0.3) is 11.1 Å². The molecule has 44 heavy (non-hydrogen) atoms. The molecule has 1 amide bonds. The smallest absolute Gasteiger partial charge is 0.326 e. The number of carbonyl (C=O) groups excluding carboxylic acids is 1. The molecular weight excluding hydrogens is 631 g/mol. The first-order valence-electron chi connectivity index (χ1n) is 13.9. The second kappa shape index (κ2) is 14.6. The Labute approximate surface area is 266 Å². The summed E-state index contributed by atoms with van der Waals surface area (Å²) in [6.45, 7) is 2.99. The molecule has 0 radical (unpaired) electrons. The van der Waals surface area contributed by atoms with Gasteiger partial charge in [-0.1, -0.05) is 47.5 Å². The van der Waals surface area contributed by atoms with Gasteiger partial charge in [0.25, 0.3) is 0 Å². The average molecular weight is 666 g/mol. The second-order valence-corrected chi connectivity index (χ2v) is 13.0. The van der Waals surface area contributed by atoms with Gasteiger partial charge in [0.1, 0.15) is 23.6 Å². The molecule has 3 aromatic rings. The van der Waals surface area contributed by atoms with Crippen LogP contribution in [-0.2, 0) is 37.4 Å². The Balaban J connectivity index is 1.51. The number of hydrogen-bond acceptors (Lipinski definition) is 7. The van der Waals surface area contributed by atoms with Crippen LogP contribution >= 0.6 is 23.2 Å². The standard InChI is InChI=1S/C31H34Cl2N2O8S/c1-4-43-18-20-13-27(41-2)29(28(14-20)42-3)21-9-7-19(8-10-21)12-25(31(37)38)34-30(36)26-6-5-11-35(26)44(39,40)24-16-22(32)15-23(33)17-24/h7-10,13-17,25-26H,4-6,11-12,18H2,1-3H3,(H,34,36)(H,37,38)/t25-,26-/m0/s1. The number of halogens is 2. The Morgan fingerprint density at radius 2 is 1.61 bits per heavy atom. The second-order valence-electron chi connectivity index (χ2n) is 10.2. The van der Waals surface area contributed by atoms with Crippen molar-refractivity contribution in [2.45, 2.75) is 49.8 Å². The van der Waals surface area contributed by atoms with Crippen LogP contribution in [0.15, 0.2) is 59.5 Å². The maximum Gasteiger partial charge on any atom is 0.326 e. The summed E-state index contributed by atoms with van der Waals surface area (Å²) >= 11 is 12.0. The van der Waals surface area contributed by atoms with Gasteiger partial charge in [-0.25, -0.2) is 13.2 Å². The molecule has 3 aromatic carbocycles. The lowest BCUT2D eigenvalue weighted by Gasteiger charge is -2.25. The Bertz CT molecular complexity index is 1570. The van der Waals surface area contributed by atoms with Crippen molar-refractivity contribution in [2.24, 2.45) is 0 Å². The Hall–Kier alpha value is -3.35. The van der Waals surface area contributed by atoms with Gasteiger partial charge in [-0.2, -0.15) is 4.31 Å². The molecule has 1 saturated heterocycles. The molecule has 0 aromatic heterocycles. The highest BCUT2D eigenvalue weighted by Crippen LogP contribution is 2.40. The lowest BCUT2D eigenvalue weighted by molar-refractivity contribution is -0.142. The first-order valence-corrected chi connectivity index (χ1v) is 16.1. The Kier molecular flexibility index (Phi) is 11.1. The largest absolute Gasteiger partial charge is 0.496 e. The monoisotopic (exact) mass is 664 g/mol. The van der Waals surface area contributed by atoms with Gasteiger partial charge in [0.2, 0.25) is 15.9 Å². The van der Waals surface area contributed by atoms with Gasteiger partial charge >= 0.3 is 5.97 Å². The van der Waals surface area contributed by atoms with Gasteiger partial charge in [0, 0.05) is 29.6 Å². The van der Waals surface area contributed by atoms with E-state index in [-0.39, 0.29) is 34.3 Å². The summed E-state index contributed by atoms with van der Waals surface area (Å²) in [5.74, 6) is -0.744. The number of carbonyl (C=O) groups is 2. The van der Waals surface area contributed by atoms with E-state index in [1.807, 2.05) is 31.2 Å². The molecule has 1 aliphatic rings. The van der Waals surface area contributed by atoms with E-state index in [2.05, 4.69) is 5.32 Å². The van der Waals surface area contributed by atoms with Crippen LogP contribution in [0.2, 0.25) is 10.0 Å². The van der Waals surface area contributed by atoms with Crippen molar-refractivity contribution in [3.05, 3.63) is 75.8 Å². The Morgan fingerprint density at radius 1 is 1.00 bits per heavy atom. The number of nitrogens with zero attached hydrogens (tertiary/aromatic N) is 1. The highest BCUT2D eigenvalue weighted by Gasteiger charge is 2.40. The van der Waals surface area contributed by atoms with Crippen LogP contribution in [0.3, 0.4) is 0 Å². The molecule has 0 unspecified atom stereocenters. The third-order valence-electron chi connectivity index (χ3n) is 7.28. The van der Waals surface area contributed by atoms with E-state index in [1.165, 1.54) is 18.2 Å². The molecule has 0 bridgehead atoms. The van der Waals surface area contributed by atoms with Crippen molar-refractivity contribution in [2.75, 3.05) is 27.4 Å². The number of amides is 1. The first kappa shape index (κ1) is 33.5. The van der Waals surface area contributed by atoms with Crippen LogP contribution < -0.4 is 14.8 Å². The molecule has 0 spiro atoms. The molecule has 2 N–H and O–H groups in total. The first-order chi connectivity index (χ1) is 21.0. The van der Waals surface area contributed by atoms with E-state index < -0.39 is 34.0 Å². The number of nitrogens with one attached hydrogen (secondary N) is 1. The van der Waals surface area contributed by atoms with Crippen LogP contribution in [0, 0.1) is 0 Å². The van der Waals surface area contributed by atoms with Crippen molar-refractivity contribution in [1.82, 2.24) is 9.62 Å². The number of ether oxygens (including phenoxy) is 3. The summed E-state index contributed by atoms with van der Waals surface area (Å²) < 4.78 is 44.6. The molecule has 1 fully saturated rings. The molecule has 1 aliphatic heterocycles. The predicted octanol–water partition coefficient (Wildman–Crippen LogP) is 5.18. The summed E-state index contributed by atoms with van der Waals surface area (Å²) in [7, 11) is -0.979. The third-order valence-corrected chi connectivity index (χ3v) is 9.61. The molecule has 10 nitrogen and oxygen atoms in total. The number of benzene rings is 3. The van der Waals surface area contributed by atoms with E-state index in [0.29, 0.717) is 36.7 Å². The van der Waals surface area contributed by atoms with Crippen molar-refractivity contribution in [3.8, 4) is 22.6 Å². The number of carboxylic acids is 1. The molecular formula is C31H34Cl2N2O8S. The normalized spacial score (nSPS) is 16.0. The van der Waals surface area contributed by atoms with Gasteiger partial charge in [-0.05, 0) is 66.8 Å². The number of carboxylic acid groups (broad SMARTS) is 1. The summed E-state index contributed by atoms with van der Waals surface area (Å²) in [6.07, 6.45) is 0.657. The topological polar surface area (TPSA) is 131 Å². The summed E-state index contributed by atoms with van der Waals surface area (Å²) in [6, 6.07) is 12.5. The zero-order valence-corrected chi connectivity index (χ0v) is 26.8. The van der Waals surface area contributed by atoms with Gasteiger partial charge in [0.05, 0.1) is 31.3 Å². The van der Waals surface area contributed by atoms with Crippen molar-refractivity contribution >= 4 is 45.1 Å². The van der Waals surface area contributed by atoms with Crippen LogP contribution in [0.5, 0.6) is 11.5 Å². The minimum atomic E-state index is -4.11. The number of rotatable bonds is 13. The number of aliphatic carboxylic acids is 1. The predicted molar refractivity (Wildman–Crippen MR) is 167 cm³/mol. The fourth-order valence-corrected chi connectivity index (χ4v) is 7.55. The fraction of sp³-hybridized carbons (Fsp3) is 0.355. The minimum Gasteiger partial charge on any atom is -0.496 e. The van der Waals surface area contributed by atoms with E-state index in [0.717, 1.165) is 21.0 Å². The van der Waals surface area contributed by atoms with Crippen LogP contribution in [0.4, 0.5) is 0 Å². The minimum absolute atomic E-state index is 0.0215. The summed E-state index contributed by atoms with van der Waals surface area (Å²) in [5, 5.41) is 12.8. The maximum absolute atomic E-state index is 13.4. The fourth-order valence-electron chi connectivity index (χ4n) is 5.17. The van der Waals surface area contributed by atoms with E-state index in [1.54, 1.807) is 26.4 Å². The van der Waals surface area contributed by atoms with Gasteiger partial charge in [-0.15, -0.1) is 0 Å². The lowest BCUT2D eigenvalue weighted by atomic mass is 9.98. The molecule has 13 heteroatoms. The van der Waals surface area contributed by atoms with Crippen LogP contribution in [-0.4, -0.2) is 69.2 Å². The number of hydrogen-bond donors (Lipinski definition) is 2. The molecule has 236 valence electrons. The maximum atomic E-state index is 13.4. The average Bonchev–Trinajstić information content (AvgIpc) is 3.50. The third kappa shape index (κ3) is 7.65. The molecule has 0 saturated carbocycles. The van der Waals surface area contributed by atoms with Crippen molar-refractivity contribution < 1.29 is 37.3 Å². The van der Waals surface area contributed by atoms with Gasteiger partial charge in [0.15, 0.2) is 0 Å². The molecule has 0 aliphatic carbocycles. The number of methoxy groups -OCH3 is 2.